The molecule has 0 aliphatic carbocycles. The SMILES string of the molecule is CCOC(=O)/C=C(/Nc1ccccc1C#Cc1cccs1)c1ccccc1. The third-order valence-corrected chi connectivity index (χ3v) is 4.46. The van der Waals surface area contributed by atoms with Crippen LogP contribution >= 0.6 is 11.3 Å². The van der Waals surface area contributed by atoms with Crippen LogP contribution < -0.4 is 5.32 Å². The quantitative estimate of drug-likeness (QED) is 0.381. The van der Waals surface area contributed by atoms with E-state index in [1.165, 1.54) is 6.08 Å². The largest absolute Gasteiger partial charge is 0.463 e. The molecule has 0 saturated carbocycles. The summed E-state index contributed by atoms with van der Waals surface area (Å²) in [6.07, 6.45) is 1.47. The predicted molar refractivity (Wildman–Crippen MR) is 111 cm³/mol. The number of rotatable bonds is 5. The molecule has 2 aromatic carbocycles. The summed E-state index contributed by atoms with van der Waals surface area (Å²) in [4.78, 5) is 13.0. The minimum Gasteiger partial charge on any atom is -0.463 e. The zero-order valence-corrected chi connectivity index (χ0v) is 15.8. The molecule has 134 valence electrons. The van der Waals surface area contributed by atoms with Crippen molar-refractivity contribution >= 4 is 28.7 Å². The van der Waals surface area contributed by atoms with Gasteiger partial charge in [0.2, 0.25) is 0 Å². The fraction of sp³-hybridized carbons (Fsp3) is 0.0870. The molecule has 1 aromatic heterocycles. The third-order valence-electron chi connectivity index (χ3n) is 3.67. The Balaban J connectivity index is 1.93. The van der Waals surface area contributed by atoms with E-state index in [9.17, 15) is 4.79 Å². The minimum atomic E-state index is -0.383. The fourth-order valence-corrected chi connectivity index (χ4v) is 3.01. The maximum Gasteiger partial charge on any atom is 0.332 e. The molecule has 3 nitrogen and oxygen atoms in total. The lowest BCUT2D eigenvalue weighted by atomic mass is 10.1. The van der Waals surface area contributed by atoms with E-state index in [2.05, 4.69) is 17.2 Å². The molecule has 0 spiro atoms. The molecule has 0 amide bonds. The summed E-state index contributed by atoms with van der Waals surface area (Å²) in [6, 6.07) is 21.4. The number of anilines is 1. The molecule has 3 rings (SSSR count). The van der Waals surface area contributed by atoms with Gasteiger partial charge in [0, 0.05) is 11.6 Å². The summed E-state index contributed by atoms with van der Waals surface area (Å²) in [5, 5.41) is 5.35. The van der Waals surface area contributed by atoms with Gasteiger partial charge in [-0.25, -0.2) is 4.79 Å². The first kappa shape index (κ1) is 18.5. The number of ether oxygens (including phenoxy) is 1. The highest BCUT2D eigenvalue weighted by molar-refractivity contribution is 7.10. The van der Waals surface area contributed by atoms with Crippen LogP contribution in [0.3, 0.4) is 0 Å². The smallest absolute Gasteiger partial charge is 0.332 e. The first-order valence-corrected chi connectivity index (χ1v) is 9.49. The number of carbonyl (C=O) groups is 1. The predicted octanol–water partition coefficient (Wildman–Crippen LogP) is 5.16. The summed E-state index contributed by atoms with van der Waals surface area (Å²) in [6.45, 7) is 2.12. The highest BCUT2D eigenvalue weighted by Crippen LogP contribution is 2.22. The summed E-state index contributed by atoms with van der Waals surface area (Å²) in [5.74, 6) is 6.00. The minimum absolute atomic E-state index is 0.334. The number of esters is 1. The monoisotopic (exact) mass is 373 g/mol. The lowest BCUT2D eigenvalue weighted by Crippen LogP contribution is -2.06. The number of para-hydroxylation sites is 1. The maximum atomic E-state index is 12.0. The molecule has 27 heavy (non-hydrogen) atoms. The first-order chi connectivity index (χ1) is 13.3. The fourth-order valence-electron chi connectivity index (χ4n) is 2.44. The lowest BCUT2D eigenvalue weighted by molar-refractivity contribution is -0.137. The average molecular weight is 373 g/mol. The van der Waals surface area contributed by atoms with Gasteiger partial charge in [-0.2, -0.15) is 0 Å². The second-order valence-corrected chi connectivity index (χ2v) is 6.52. The van der Waals surface area contributed by atoms with Crippen molar-refractivity contribution in [2.45, 2.75) is 6.92 Å². The number of benzene rings is 2. The van der Waals surface area contributed by atoms with E-state index in [1.807, 2.05) is 72.1 Å². The van der Waals surface area contributed by atoms with Gasteiger partial charge in [-0.05, 0) is 36.1 Å². The maximum absolute atomic E-state index is 12.0. The van der Waals surface area contributed by atoms with Crippen LogP contribution in [0.5, 0.6) is 0 Å². The number of hydrogen-bond acceptors (Lipinski definition) is 4. The Labute approximate surface area is 163 Å². The molecular formula is C23H19NO2S. The molecule has 1 N–H and O–H groups in total. The molecule has 0 fully saturated rings. The molecule has 3 aromatic rings. The van der Waals surface area contributed by atoms with Crippen molar-refractivity contribution in [3.63, 3.8) is 0 Å². The Kier molecular flexibility index (Phi) is 6.45. The molecule has 0 aliphatic rings. The van der Waals surface area contributed by atoms with E-state index in [-0.39, 0.29) is 5.97 Å². The van der Waals surface area contributed by atoms with Gasteiger partial charge in [0.25, 0.3) is 0 Å². The molecule has 0 aliphatic heterocycles. The first-order valence-electron chi connectivity index (χ1n) is 8.61. The Morgan fingerprint density at radius 2 is 1.81 bits per heavy atom. The van der Waals surface area contributed by atoms with E-state index in [4.69, 9.17) is 4.74 Å². The molecule has 4 heteroatoms. The highest BCUT2D eigenvalue weighted by atomic mass is 32.1. The van der Waals surface area contributed by atoms with Gasteiger partial charge >= 0.3 is 5.97 Å². The van der Waals surface area contributed by atoms with Crippen molar-refractivity contribution in [3.05, 3.63) is 94.2 Å². The molecule has 0 saturated heterocycles. The van der Waals surface area contributed by atoms with Crippen molar-refractivity contribution < 1.29 is 9.53 Å². The highest BCUT2D eigenvalue weighted by Gasteiger charge is 2.08. The van der Waals surface area contributed by atoms with E-state index >= 15 is 0 Å². The van der Waals surface area contributed by atoms with Crippen LogP contribution in [-0.2, 0) is 9.53 Å². The van der Waals surface area contributed by atoms with Gasteiger partial charge < -0.3 is 10.1 Å². The van der Waals surface area contributed by atoms with Crippen LogP contribution in [0.15, 0.2) is 78.2 Å². The Morgan fingerprint density at radius 3 is 2.56 bits per heavy atom. The Hall–Kier alpha value is -3.29. The summed E-state index contributed by atoms with van der Waals surface area (Å²) < 4.78 is 5.08. The van der Waals surface area contributed by atoms with Crippen molar-refractivity contribution in [2.24, 2.45) is 0 Å². The topological polar surface area (TPSA) is 38.3 Å². The second kappa shape index (κ2) is 9.42. The van der Waals surface area contributed by atoms with Crippen LogP contribution in [-0.4, -0.2) is 12.6 Å². The van der Waals surface area contributed by atoms with Crippen molar-refractivity contribution in [3.8, 4) is 11.8 Å². The van der Waals surface area contributed by atoms with Gasteiger partial charge in [0.1, 0.15) is 0 Å². The molecule has 0 atom stereocenters. The zero-order valence-electron chi connectivity index (χ0n) is 14.9. The van der Waals surface area contributed by atoms with Gasteiger partial charge in [-0.1, -0.05) is 60.4 Å². The van der Waals surface area contributed by atoms with Crippen LogP contribution in [0.1, 0.15) is 22.9 Å². The van der Waals surface area contributed by atoms with Crippen LogP contribution in [0, 0.1) is 11.8 Å². The van der Waals surface area contributed by atoms with E-state index in [0.29, 0.717) is 12.3 Å². The molecule has 0 bridgehead atoms. The number of thiophene rings is 1. The van der Waals surface area contributed by atoms with Crippen LogP contribution in [0.25, 0.3) is 5.70 Å². The number of nitrogens with one attached hydrogen (secondary N) is 1. The van der Waals surface area contributed by atoms with Gasteiger partial charge in [-0.15, -0.1) is 11.3 Å². The Morgan fingerprint density at radius 1 is 1.04 bits per heavy atom. The van der Waals surface area contributed by atoms with E-state index in [0.717, 1.165) is 21.7 Å². The third kappa shape index (κ3) is 5.34. The molecule has 0 unspecified atom stereocenters. The standard InChI is InChI=1S/C23H19NO2S/c1-2-26-23(25)17-22(18-9-4-3-5-10-18)24-21-13-7-6-11-19(21)14-15-20-12-8-16-27-20/h3-13,16-17,24H,2H2,1H3/b22-17+. The number of carbonyl (C=O) groups excluding carboxylic acids is 1. The Bertz CT molecular complexity index is 980. The second-order valence-electron chi connectivity index (χ2n) is 5.57. The van der Waals surface area contributed by atoms with Crippen LogP contribution in [0.4, 0.5) is 5.69 Å². The molecular weight excluding hydrogens is 354 g/mol. The molecule has 1 heterocycles. The van der Waals surface area contributed by atoms with E-state index in [1.54, 1.807) is 18.3 Å². The van der Waals surface area contributed by atoms with Crippen molar-refractivity contribution in [1.29, 1.82) is 0 Å². The number of hydrogen-bond donors (Lipinski definition) is 1. The van der Waals surface area contributed by atoms with Gasteiger partial charge in [0.15, 0.2) is 0 Å². The summed E-state index contributed by atoms with van der Waals surface area (Å²) in [7, 11) is 0. The van der Waals surface area contributed by atoms with Crippen molar-refractivity contribution in [2.75, 3.05) is 11.9 Å². The van der Waals surface area contributed by atoms with E-state index < -0.39 is 0 Å². The van der Waals surface area contributed by atoms with Crippen molar-refractivity contribution in [1.82, 2.24) is 0 Å². The van der Waals surface area contributed by atoms with Crippen LogP contribution in [0.2, 0.25) is 0 Å². The zero-order chi connectivity index (χ0) is 18.9. The normalized spacial score (nSPS) is 10.6. The summed E-state index contributed by atoms with van der Waals surface area (Å²) in [5.41, 5.74) is 3.25. The van der Waals surface area contributed by atoms with Gasteiger partial charge in [0.05, 0.1) is 22.9 Å². The lowest BCUT2D eigenvalue weighted by Gasteiger charge is -2.13. The van der Waals surface area contributed by atoms with Gasteiger partial charge in [-0.3, -0.25) is 0 Å². The summed E-state index contributed by atoms with van der Waals surface area (Å²) >= 11 is 1.61. The average Bonchev–Trinajstić information content (AvgIpc) is 3.21. The molecule has 0 radical (unpaired) electrons.